The molecule has 10 heteroatoms. The summed E-state index contributed by atoms with van der Waals surface area (Å²) < 4.78 is 27.1. The lowest BCUT2D eigenvalue weighted by Gasteiger charge is -2.23. The number of hydrogen-bond acceptors (Lipinski definition) is 5. The van der Waals surface area contributed by atoms with Crippen LogP contribution in [-0.4, -0.2) is 48.8 Å². The van der Waals surface area contributed by atoms with Crippen molar-refractivity contribution in [1.82, 2.24) is 20.3 Å². The topological polar surface area (TPSA) is 125 Å². The van der Waals surface area contributed by atoms with Crippen LogP contribution in [0.3, 0.4) is 0 Å². The van der Waals surface area contributed by atoms with Crippen molar-refractivity contribution in [3.8, 4) is 0 Å². The van der Waals surface area contributed by atoms with Crippen LogP contribution in [0.2, 0.25) is 0 Å². The lowest BCUT2D eigenvalue weighted by molar-refractivity contribution is -0.137. The number of rotatable bonds is 8. The molecule has 3 N–H and O–H groups in total. The van der Waals surface area contributed by atoms with Gasteiger partial charge in [0, 0.05) is 12.6 Å². The fraction of sp³-hybridized carbons (Fsp3) is 0.571. The minimum Gasteiger partial charge on any atom is -0.350 e. The molecule has 0 bridgehead atoms. The summed E-state index contributed by atoms with van der Waals surface area (Å²) in [7, 11) is -3.52. The third kappa shape index (κ3) is 5.07. The Bertz CT molecular complexity index is 970. The number of nitrogens with zero attached hydrogens (tertiary/aromatic N) is 1. The first-order valence-corrected chi connectivity index (χ1v) is 12.2. The number of sulfonamides is 1. The molecule has 1 aliphatic heterocycles. The Balaban J connectivity index is 1.66. The maximum absolute atomic E-state index is 12.8. The second-order valence-corrected chi connectivity index (χ2v) is 10.3. The molecule has 1 aliphatic carbocycles. The molecule has 31 heavy (non-hydrogen) atoms. The second-order valence-electron chi connectivity index (χ2n) is 8.59. The predicted molar refractivity (Wildman–Crippen MR) is 115 cm³/mol. The molecule has 4 amide bonds. The van der Waals surface area contributed by atoms with Crippen molar-refractivity contribution in [2.45, 2.75) is 76.4 Å². The molecule has 2 fully saturated rings. The number of imide groups is 1. The monoisotopic (exact) mass is 450 g/mol. The molecule has 2 aliphatic rings. The number of hydrogen-bond donors (Lipinski definition) is 3. The highest BCUT2D eigenvalue weighted by Gasteiger charge is 2.54. The van der Waals surface area contributed by atoms with Gasteiger partial charge < -0.3 is 10.6 Å². The van der Waals surface area contributed by atoms with Gasteiger partial charge in [-0.2, -0.15) is 0 Å². The molecule has 1 saturated heterocycles. The first-order valence-electron chi connectivity index (χ1n) is 10.5. The molecule has 3 rings (SSSR count). The highest BCUT2D eigenvalue weighted by Crippen LogP contribution is 2.35. The van der Waals surface area contributed by atoms with Crippen LogP contribution in [0.4, 0.5) is 4.79 Å². The van der Waals surface area contributed by atoms with Crippen LogP contribution in [0, 0.1) is 0 Å². The Labute approximate surface area is 183 Å². The van der Waals surface area contributed by atoms with E-state index < -0.39 is 33.5 Å². The van der Waals surface area contributed by atoms with Crippen LogP contribution in [0.1, 0.15) is 57.6 Å². The molecule has 1 aromatic rings. The fourth-order valence-corrected chi connectivity index (χ4v) is 5.73. The van der Waals surface area contributed by atoms with Crippen LogP contribution in [-0.2, 0) is 31.9 Å². The van der Waals surface area contributed by atoms with Gasteiger partial charge in [0.05, 0.1) is 5.75 Å². The summed E-state index contributed by atoms with van der Waals surface area (Å²) >= 11 is 0. The summed E-state index contributed by atoms with van der Waals surface area (Å²) in [5.41, 5.74) is 0.362. The molecule has 170 valence electrons. The maximum Gasteiger partial charge on any atom is 0.325 e. The highest BCUT2D eigenvalue weighted by molar-refractivity contribution is 7.88. The fourth-order valence-electron chi connectivity index (χ4n) is 4.23. The smallest absolute Gasteiger partial charge is 0.325 e. The van der Waals surface area contributed by atoms with Gasteiger partial charge in [0.25, 0.3) is 5.91 Å². The lowest BCUT2D eigenvalue weighted by atomic mass is 9.97. The van der Waals surface area contributed by atoms with Crippen LogP contribution >= 0.6 is 0 Å². The van der Waals surface area contributed by atoms with Gasteiger partial charge in [-0.1, -0.05) is 37.1 Å². The molecule has 1 spiro atoms. The van der Waals surface area contributed by atoms with E-state index in [2.05, 4.69) is 15.4 Å². The van der Waals surface area contributed by atoms with Gasteiger partial charge in [-0.25, -0.2) is 22.8 Å². The summed E-state index contributed by atoms with van der Waals surface area (Å²) in [4.78, 5) is 39.0. The van der Waals surface area contributed by atoms with Crippen LogP contribution in [0.25, 0.3) is 0 Å². The first-order chi connectivity index (χ1) is 14.5. The number of nitrogens with one attached hydrogen (secondary N) is 3. The van der Waals surface area contributed by atoms with E-state index in [4.69, 9.17) is 0 Å². The largest absolute Gasteiger partial charge is 0.350 e. The maximum atomic E-state index is 12.8. The van der Waals surface area contributed by atoms with E-state index in [1.807, 2.05) is 0 Å². The Kier molecular flexibility index (Phi) is 6.70. The molecule has 1 aromatic carbocycles. The standard InChI is InChI=1S/C21H30N4O5S/c1-14(2)24-31(29,30)13-17-9-5-4-8-16(17)12-22-18(26)15(3)25-19(27)21(23-20(25)28)10-6-7-11-21/h4-5,8-9,14-15,24H,6-7,10-13H2,1-3H3,(H,22,26)(H,23,28). The van der Waals surface area contributed by atoms with Gasteiger partial charge in [0.15, 0.2) is 0 Å². The summed E-state index contributed by atoms with van der Waals surface area (Å²) in [5, 5.41) is 5.51. The van der Waals surface area contributed by atoms with Crippen LogP contribution < -0.4 is 15.4 Å². The van der Waals surface area contributed by atoms with Gasteiger partial charge in [-0.05, 0) is 44.7 Å². The molecular weight excluding hydrogens is 420 g/mol. The average Bonchev–Trinajstić information content (AvgIpc) is 3.24. The SMILES string of the molecule is CC(C)NS(=O)(=O)Cc1ccccc1CNC(=O)C(C)N1C(=O)NC2(CCCC2)C1=O. The molecule has 1 heterocycles. The highest BCUT2D eigenvalue weighted by atomic mass is 32.2. The Morgan fingerprint density at radius 2 is 1.74 bits per heavy atom. The molecule has 1 saturated carbocycles. The average molecular weight is 451 g/mol. The van der Waals surface area contributed by atoms with E-state index in [1.165, 1.54) is 6.92 Å². The Hall–Kier alpha value is -2.46. The lowest BCUT2D eigenvalue weighted by Crippen LogP contribution is -2.49. The van der Waals surface area contributed by atoms with Crippen molar-refractivity contribution >= 4 is 27.9 Å². The molecule has 0 radical (unpaired) electrons. The van der Waals surface area contributed by atoms with Crippen molar-refractivity contribution in [3.63, 3.8) is 0 Å². The Morgan fingerprint density at radius 1 is 1.13 bits per heavy atom. The van der Waals surface area contributed by atoms with E-state index in [-0.39, 0.29) is 24.2 Å². The van der Waals surface area contributed by atoms with Crippen molar-refractivity contribution in [2.75, 3.05) is 0 Å². The number of carbonyl (C=O) groups is 3. The van der Waals surface area contributed by atoms with Crippen molar-refractivity contribution in [2.24, 2.45) is 0 Å². The quantitative estimate of drug-likeness (QED) is 0.516. The number of amides is 4. The summed E-state index contributed by atoms with van der Waals surface area (Å²) in [5.74, 6) is -1.03. The molecule has 1 atom stereocenters. The van der Waals surface area contributed by atoms with E-state index in [0.717, 1.165) is 17.7 Å². The molecule has 0 aromatic heterocycles. The summed E-state index contributed by atoms with van der Waals surface area (Å²) in [6, 6.07) is 5.22. The summed E-state index contributed by atoms with van der Waals surface area (Å²) in [6.07, 6.45) is 2.92. The van der Waals surface area contributed by atoms with Crippen LogP contribution in [0.5, 0.6) is 0 Å². The van der Waals surface area contributed by atoms with Gasteiger partial charge in [0.1, 0.15) is 11.6 Å². The van der Waals surface area contributed by atoms with Crippen molar-refractivity contribution < 1.29 is 22.8 Å². The van der Waals surface area contributed by atoms with E-state index in [0.29, 0.717) is 24.0 Å². The number of carbonyl (C=O) groups excluding carboxylic acids is 3. The third-order valence-corrected chi connectivity index (χ3v) is 7.27. The zero-order valence-corrected chi connectivity index (χ0v) is 18.9. The molecular formula is C21H30N4O5S. The van der Waals surface area contributed by atoms with Crippen molar-refractivity contribution in [3.05, 3.63) is 35.4 Å². The second kappa shape index (κ2) is 8.96. The Morgan fingerprint density at radius 3 is 2.35 bits per heavy atom. The van der Waals surface area contributed by atoms with Gasteiger partial charge in [-0.3, -0.25) is 9.59 Å². The zero-order valence-electron chi connectivity index (χ0n) is 18.1. The number of urea groups is 1. The minimum absolute atomic E-state index is 0.0886. The van der Waals surface area contributed by atoms with Crippen molar-refractivity contribution in [1.29, 1.82) is 0 Å². The third-order valence-electron chi connectivity index (χ3n) is 5.75. The normalized spacial score (nSPS) is 19.2. The first kappa shape index (κ1) is 23.2. The molecule has 9 nitrogen and oxygen atoms in total. The van der Waals surface area contributed by atoms with Crippen LogP contribution in [0.15, 0.2) is 24.3 Å². The molecule has 1 unspecified atom stereocenters. The minimum atomic E-state index is -3.52. The van der Waals surface area contributed by atoms with Gasteiger partial charge in [0.2, 0.25) is 15.9 Å². The zero-order chi connectivity index (χ0) is 22.8. The summed E-state index contributed by atoms with van der Waals surface area (Å²) in [6.45, 7) is 5.10. The van der Waals surface area contributed by atoms with E-state index in [9.17, 15) is 22.8 Å². The van der Waals surface area contributed by atoms with E-state index in [1.54, 1.807) is 38.1 Å². The predicted octanol–water partition coefficient (Wildman–Crippen LogP) is 1.38. The number of benzene rings is 1. The van der Waals surface area contributed by atoms with Gasteiger partial charge in [-0.15, -0.1) is 0 Å². The van der Waals surface area contributed by atoms with E-state index >= 15 is 0 Å². The van der Waals surface area contributed by atoms with Gasteiger partial charge >= 0.3 is 6.03 Å².